The van der Waals surface area contributed by atoms with Crippen molar-refractivity contribution >= 4 is 5.91 Å². The molecule has 2 atom stereocenters. The van der Waals surface area contributed by atoms with Crippen molar-refractivity contribution in [3.05, 3.63) is 0 Å². The Morgan fingerprint density at radius 2 is 2.24 bits per heavy atom. The molecule has 1 amide bonds. The van der Waals surface area contributed by atoms with Gasteiger partial charge in [0.05, 0.1) is 12.6 Å². The maximum absolute atomic E-state index is 12.2. The number of likely N-dealkylation sites (N-methyl/N-ethyl adjacent to an activating group) is 1. The van der Waals surface area contributed by atoms with Gasteiger partial charge in [0, 0.05) is 25.6 Å². The molecule has 0 radical (unpaired) electrons. The lowest BCUT2D eigenvalue weighted by atomic mass is 10.0. The number of hydrogen-bond donors (Lipinski definition) is 1. The highest BCUT2D eigenvalue weighted by atomic mass is 16.5. The van der Waals surface area contributed by atoms with Gasteiger partial charge in [-0.05, 0) is 25.7 Å². The summed E-state index contributed by atoms with van der Waals surface area (Å²) < 4.78 is 5.34. The molecule has 100 valence electrons. The van der Waals surface area contributed by atoms with Crippen LogP contribution >= 0.6 is 0 Å². The van der Waals surface area contributed by atoms with E-state index in [1.807, 2.05) is 11.8 Å². The summed E-state index contributed by atoms with van der Waals surface area (Å²) in [6.45, 7) is 9.33. The molecule has 0 aromatic heterocycles. The van der Waals surface area contributed by atoms with Crippen molar-refractivity contribution in [2.75, 3.05) is 26.3 Å². The fraction of sp³-hybridized carbons (Fsp3) is 0.923. The number of nitrogens with zero attached hydrogens (tertiary/aromatic N) is 1. The summed E-state index contributed by atoms with van der Waals surface area (Å²) >= 11 is 0. The smallest absolute Gasteiger partial charge is 0.239 e. The Balaban J connectivity index is 2.44. The SMILES string of the molecule is CCN(CC1CCOC1)C(=O)C(N)CC(C)C. The van der Waals surface area contributed by atoms with Crippen LogP contribution in [0.2, 0.25) is 0 Å². The molecular formula is C13H26N2O2. The van der Waals surface area contributed by atoms with Crippen LogP contribution in [0.1, 0.15) is 33.6 Å². The van der Waals surface area contributed by atoms with Crippen LogP contribution in [0.3, 0.4) is 0 Å². The number of amides is 1. The monoisotopic (exact) mass is 242 g/mol. The van der Waals surface area contributed by atoms with Crippen LogP contribution in [-0.2, 0) is 9.53 Å². The number of carbonyl (C=O) groups is 1. The summed E-state index contributed by atoms with van der Waals surface area (Å²) in [5.74, 6) is 1.04. The Morgan fingerprint density at radius 1 is 1.53 bits per heavy atom. The molecule has 4 heteroatoms. The van der Waals surface area contributed by atoms with Gasteiger partial charge >= 0.3 is 0 Å². The van der Waals surface area contributed by atoms with Gasteiger partial charge in [-0.1, -0.05) is 13.8 Å². The highest BCUT2D eigenvalue weighted by Gasteiger charge is 2.25. The van der Waals surface area contributed by atoms with E-state index in [0.29, 0.717) is 11.8 Å². The normalized spacial score (nSPS) is 21.8. The fourth-order valence-corrected chi connectivity index (χ4v) is 2.26. The largest absolute Gasteiger partial charge is 0.381 e. The Morgan fingerprint density at radius 3 is 2.71 bits per heavy atom. The third kappa shape index (κ3) is 4.64. The zero-order valence-corrected chi connectivity index (χ0v) is 11.3. The van der Waals surface area contributed by atoms with Gasteiger partial charge in [0.25, 0.3) is 0 Å². The van der Waals surface area contributed by atoms with E-state index in [0.717, 1.165) is 39.1 Å². The highest BCUT2D eigenvalue weighted by molar-refractivity contribution is 5.81. The van der Waals surface area contributed by atoms with Gasteiger partial charge in [-0.2, -0.15) is 0 Å². The molecule has 4 nitrogen and oxygen atoms in total. The fourth-order valence-electron chi connectivity index (χ4n) is 2.26. The predicted molar refractivity (Wildman–Crippen MR) is 68.6 cm³/mol. The summed E-state index contributed by atoms with van der Waals surface area (Å²) in [5.41, 5.74) is 5.95. The van der Waals surface area contributed by atoms with Crippen LogP contribution in [-0.4, -0.2) is 43.2 Å². The van der Waals surface area contributed by atoms with Crippen LogP contribution in [0.4, 0.5) is 0 Å². The first kappa shape index (κ1) is 14.5. The molecular weight excluding hydrogens is 216 g/mol. The molecule has 1 aliphatic heterocycles. The van der Waals surface area contributed by atoms with Crippen LogP contribution < -0.4 is 5.73 Å². The van der Waals surface area contributed by atoms with Gasteiger partial charge in [0.15, 0.2) is 0 Å². The second-order valence-electron chi connectivity index (χ2n) is 5.34. The minimum Gasteiger partial charge on any atom is -0.381 e. The number of nitrogens with two attached hydrogens (primary N) is 1. The molecule has 0 aromatic rings. The molecule has 1 aliphatic rings. The van der Waals surface area contributed by atoms with Crippen molar-refractivity contribution in [3.63, 3.8) is 0 Å². The quantitative estimate of drug-likeness (QED) is 0.762. The molecule has 17 heavy (non-hydrogen) atoms. The molecule has 0 saturated carbocycles. The van der Waals surface area contributed by atoms with Crippen LogP contribution in [0.5, 0.6) is 0 Å². The molecule has 2 unspecified atom stereocenters. The average Bonchev–Trinajstić information content (AvgIpc) is 2.76. The molecule has 1 fully saturated rings. The van der Waals surface area contributed by atoms with Crippen molar-refractivity contribution in [1.29, 1.82) is 0 Å². The van der Waals surface area contributed by atoms with Crippen molar-refractivity contribution in [1.82, 2.24) is 4.90 Å². The molecule has 2 N–H and O–H groups in total. The lowest BCUT2D eigenvalue weighted by Gasteiger charge is -2.27. The molecule has 0 aliphatic carbocycles. The first-order chi connectivity index (χ1) is 8.04. The van der Waals surface area contributed by atoms with E-state index in [1.165, 1.54) is 0 Å². The third-order valence-electron chi connectivity index (χ3n) is 3.24. The standard InChI is InChI=1S/C13H26N2O2/c1-4-15(8-11-5-6-17-9-11)13(16)12(14)7-10(2)3/h10-12H,4-9,14H2,1-3H3. The zero-order valence-electron chi connectivity index (χ0n) is 11.3. The summed E-state index contributed by atoms with van der Waals surface area (Å²) in [5, 5.41) is 0. The van der Waals surface area contributed by atoms with Gasteiger partial charge in [-0.25, -0.2) is 0 Å². The number of carbonyl (C=O) groups excluding carboxylic acids is 1. The zero-order chi connectivity index (χ0) is 12.8. The lowest BCUT2D eigenvalue weighted by Crippen LogP contribution is -2.46. The maximum atomic E-state index is 12.2. The number of rotatable bonds is 6. The van der Waals surface area contributed by atoms with Crippen molar-refractivity contribution in [3.8, 4) is 0 Å². The lowest BCUT2D eigenvalue weighted by molar-refractivity contribution is -0.133. The molecule has 1 saturated heterocycles. The minimum absolute atomic E-state index is 0.0908. The second kappa shape index (κ2) is 6.97. The summed E-state index contributed by atoms with van der Waals surface area (Å²) in [7, 11) is 0. The predicted octanol–water partition coefficient (Wildman–Crippen LogP) is 1.24. The van der Waals surface area contributed by atoms with Crippen molar-refractivity contribution < 1.29 is 9.53 Å². The Kier molecular flexibility index (Phi) is 5.92. The number of hydrogen-bond acceptors (Lipinski definition) is 3. The highest BCUT2D eigenvalue weighted by Crippen LogP contribution is 2.15. The van der Waals surface area contributed by atoms with E-state index in [4.69, 9.17) is 10.5 Å². The third-order valence-corrected chi connectivity index (χ3v) is 3.24. The first-order valence-electron chi connectivity index (χ1n) is 6.66. The minimum atomic E-state index is -0.350. The van der Waals surface area contributed by atoms with Gasteiger partial charge in [0.2, 0.25) is 5.91 Å². The van der Waals surface area contributed by atoms with E-state index >= 15 is 0 Å². The van der Waals surface area contributed by atoms with Gasteiger partial charge in [-0.3, -0.25) is 4.79 Å². The summed E-state index contributed by atoms with van der Waals surface area (Å²) in [6, 6.07) is -0.350. The summed E-state index contributed by atoms with van der Waals surface area (Å²) in [4.78, 5) is 14.0. The molecule has 0 bridgehead atoms. The van der Waals surface area contributed by atoms with Crippen molar-refractivity contribution in [2.24, 2.45) is 17.6 Å². The Labute approximate surface area is 104 Å². The van der Waals surface area contributed by atoms with E-state index in [2.05, 4.69) is 13.8 Å². The van der Waals surface area contributed by atoms with E-state index in [-0.39, 0.29) is 11.9 Å². The van der Waals surface area contributed by atoms with Gasteiger partial charge in [0.1, 0.15) is 0 Å². The van der Waals surface area contributed by atoms with Gasteiger partial charge < -0.3 is 15.4 Å². The van der Waals surface area contributed by atoms with Gasteiger partial charge in [-0.15, -0.1) is 0 Å². The first-order valence-corrected chi connectivity index (χ1v) is 6.66. The van der Waals surface area contributed by atoms with Crippen LogP contribution in [0, 0.1) is 11.8 Å². The Hall–Kier alpha value is -0.610. The molecule has 0 aromatic carbocycles. The van der Waals surface area contributed by atoms with Crippen LogP contribution in [0.15, 0.2) is 0 Å². The topological polar surface area (TPSA) is 55.6 Å². The maximum Gasteiger partial charge on any atom is 0.239 e. The number of ether oxygens (including phenoxy) is 1. The molecule has 0 spiro atoms. The molecule has 1 heterocycles. The molecule has 1 rings (SSSR count). The van der Waals surface area contributed by atoms with E-state index in [9.17, 15) is 4.79 Å². The van der Waals surface area contributed by atoms with Crippen molar-refractivity contribution in [2.45, 2.75) is 39.7 Å². The van der Waals surface area contributed by atoms with E-state index in [1.54, 1.807) is 0 Å². The van der Waals surface area contributed by atoms with E-state index < -0.39 is 0 Å². The Bertz CT molecular complexity index is 238. The van der Waals surface area contributed by atoms with Crippen LogP contribution in [0.25, 0.3) is 0 Å². The second-order valence-corrected chi connectivity index (χ2v) is 5.34. The summed E-state index contributed by atoms with van der Waals surface area (Å²) in [6.07, 6.45) is 1.82. The average molecular weight is 242 g/mol.